The van der Waals surface area contributed by atoms with E-state index in [0.717, 1.165) is 24.4 Å². The van der Waals surface area contributed by atoms with Crippen LogP contribution in [0.5, 0.6) is 0 Å². The summed E-state index contributed by atoms with van der Waals surface area (Å²) in [4.78, 5) is 15.6. The highest BCUT2D eigenvalue weighted by atomic mass is 15.1. The summed E-state index contributed by atoms with van der Waals surface area (Å²) in [6.07, 6.45) is 8.14. The van der Waals surface area contributed by atoms with Crippen LogP contribution in [0.4, 0.5) is 5.82 Å². The van der Waals surface area contributed by atoms with Gasteiger partial charge >= 0.3 is 0 Å². The minimum atomic E-state index is 0.233. The highest BCUT2D eigenvalue weighted by Gasteiger charge is 2.32. The first kappa shape index (κ1) is 11.4. The highest BCUT2D eigenvalue weighted by molar-refractivity contribution is 5.81. The molecule has 1 saturated carbocycles. The zero-order valence-electron chi connectivity index (χ0n) is 10.3. The topological polar surface area (TPSA) is 92.5 Å². The number of hydrogen-bond acceptors (Lipinski definition) is 5. The Labute approximate surface area is 105 Å². The van der Waals surface area contributed by atoms with Crippen LogP contribution in [0.2, 0.25) is 0 Å². The second-order valence-electron chi connectivity index (χ2n) is 5.09. The normalized spacial score (nSPS) is 18.3. The number of nitrogens with one attached hydrogen (secondary N) is 2. The van der Waals surface area contributed by atoms with E-state index in [2.05, 4.69) is 25.3 Å². The van der Waals surface area contributed by atoms with Gasteiger partial charge in [0.1, 0.15) is 11.8 Å². The van der Waals surface area contributed by atoms with Crippen molar-refractivity contribution in [2.75, 3.05) is 18.4 Å². The molecule has 0 aromatic carbocycles. The molecule has 2 aromatic rings. The van der Waals surface area contributed by atoms with Gasteiger partial charge < -0.3 is 16.0 Å². The Bertz CT molecular complexity index is 528. The molecule has 0 radical (unpaired) electrons. The first-order valence-electron chi connectivity index (χ1n) is 6.41. The third-order valence-corrected chi connectivity index (χ3v) is 3.95. The van der Waals surface area contributed by atoms with Gasteiger partial charge in [-0.2, -0.15) is 0 Å². The van der Waals surface area contributed by atoms with Crippen molar-refractivity contribution in [1.29, 1.82) is 0 Å². The largest absolute Gasteiger partial charge is 0.368 e. The maximum atomic E-state index is 5.93. The van der Waals surface area contributed by atoms with Crippen LogP contribution in [0.15, 0.2) is 12.7 Å². The predicted molar refractivity (Wildman–Crippen MR) is 70.1 cm³/mol. The number of aromatic amines is 1. The molecule has 0 spiro atoms. The van der Waals surface area contributed by atoms with E-state index in [0.29, 0.717) is 5.65 Å². The van der Waals surface area contributed by atoms with Crippen molar-refractivity contribution >= 4 is 17.0 Å². The van der Waals surface area contributed by atoms with Crippen molar-refractivity contribution in [3.8, 4) is 0 Å². The van der Waals surface area contributed by atoms with Crippen LogP contribution in [-0.4, -0.2) is 33.0 Å². The number of nitrogens with zero attached hydrogens (tertiary/aromatic N) is 3. The average Bonchev–Trinajstić information content (AvgIpc) is 3.06. The number of rotatable bonds is 4. The van der Waals surface area contributed by atoms with Crippen molar-refractivity contribution < 1.29 is 0 Å². The molecule has 1 fully saturated rings. The lowest BCUT2D eigenvalue weighted by Crippen LogP contribution is -2.34. The SMILES string of the molecule is NCC1(CNc2ncnc3nc[nH]c23)CCCC1. The van der Waals surface area contributed by atoms with E-state index >= 15 is 0 Å². The molecule has 2 aromatic heterocycles. The third-order valence-electron chi connectivity index (χ3n) is 3.95. The van der Waals surface area contributed by atoms with Crippen LogP contribution in [0, 0.1) is 5.41 Å². The standard InChI is InChI=1S/C12H18N6/c13-5-12(3-1-2-4-12)6-14-10-9-11(16-7-15-9)18-8-17-10/h7-8H,1-6,13H2,(H2,14,15,16,17,18). The average molecular weight is 246 g/mol. The molecule has 96 valence electrons. The van der Waals surface area contributed by atoms with E-state index in [9.17, 15) is 0 Å². The summed E-state index contributed by atoms with van der Waals surface area (Å²) in [5.74, 6) is 0.817. The number of hydrogen-bond donors (Lipinski definition) is 3. The van der Waals surface area contributed by atoms with Gasteiger partial charge in [-0.05, 0) is 24.8 Å². The predicted octanol–water partition coefficient (Wildman–Crippen LogP) is 1.28. The fraction of sp³-hybridized carbons (Fsp3) is 0.583. The van der Waals surface area contributed by atoms with Gasteiger partial charge in [0.2, 0.25) is 0 Å². The smallest absolute Gasteiger partial charge is 0.182 e. The third kappa shape index (κ3) is 1.92. The van der Waals surface area contributed by atoms with Crippen LogP contribution in [-0.2, 0) is 0 Å². The van der Waals surface area contributed by atoms with Gasteiger partial charge in [0.25, 0.3) is 0 Å². The summed E-state index contributed by atoms with van der Waals surface area (Å²) in [7, 11) is 0. The van der Waals surface area contributed by atoms with Gasteiger partial charge in [-0.15, -0.1) is 0 Å². The Hall–Kier alpha value is -1.69. The minimum absolute atomic E-state index is 0.233. The number of H-pyrrole nitrogens is 1. The Morgan fingerprint density at radius 3 is 2.89 bits per heavy atom. The Balaban J connectivity index is 1.78. The summed E-state index contributed by atoms with van der Waals surface area (Å²) in [5.41, 5.74) is 7.72. The molecule has 6 nitrogen and oxygen atoms in total. The van der Waals surface area contributed by atoms with Gasteiger partial charge in [-0.1, -0.05) is 12.8 Å². The van der Waals surface area contributed by atoms with E-state index in [-0.39, 0.29) is 5.41 Å². The number of aromatic nitrogens is 4. The Kier molecular flexibility index (Phi) is 2.87. The van der Waals surface area contributed by atoms with E-state index in [4.69, 9.17) is 5.73 Å². The van der Waals surface area contributed by atoms with E-state index in [1.165, 1.54) is 32.0 Å². The number of fused-ring (bicyclic) bond motifs is 1. The molecule has 18 heavy (non-hydrogen) atoms. The monoisotopic (exact) mass is 246 g/mol. The summed E-state index contributed by atoms with van der Waals surface area (Å²) in [6.45, 7) is 1.60. The molecule has 6 heteroatoms. The van der Waals surface area contributed by atoms with Crippen LogP contribution in [0.3, 0.4) is 0 Å². The van der Waals surface area contributed by atoms with Crippen molar-refractivity contribution in [2.45, 2.75) is 25.7 Å². The van der Waals surface area contributed by atoms with Crippen molar-refractivity contribution in [2.24, 2.45) is 11.1 Å². The molecule has 2 heterocycles. The Morgan fingerprint density at radius 1 is 1.28 bits per heavy atom. The number of anilines is 1. The first-order valence-corrected chi connectivity index (χ1v) is 6.41. The molecule has 0 saturated heterocycles. The lowest BCUT2D eigenvalue weighted by Gasteiger charge is -2.27. The minimum Gasteiger partial charge on any atom is -0.368 e. The lowest BCUT2D eigenvalue weighted by molar-refractivity contribution is 0.332. The van der Waals surface area contributed by atoms with E-state index < -0.39 is 0 Å². The maximum Gasteiger partial charge on any atom is 0.182 e. The van der Waals surface area contributed by atoms with Gasteiger partial charge in [-0.25, -0.2) is 15.0 Å². The van der Waals surface area contributed by atoms with Gasteiger partial charge in [0.15, 0.2) is 11.5 Å². The van der Waals surface area contributed by atoms with Gasteiger partial charge in [0.05, 0.1) is 6.33 Å². The second kappa shape index (κ2) is 4.53. The Morgan fingerprint density at radius 2 is 2.11 bits per heavy atom. The summed E-state index contributed by atoms with van der Waals surface area (Å²) in [5, 5.41) is 3.41. The molecule has 1 aliphatic carbocycles. The highest BCUT2D eigenvalue weighted by Crippen LogP contribution is 2.37. The lowest BCUT2D eigenvalue weighted by atomic mass is 9.86. The van der Waals surface area contributed by atoms with Crippen LogP contribution < -0.4 is 11.1 Å². The van der Waals surface area contributed by atoms with Crippen LogP contribution >= 0.6 is 0 Å². The summed E-state index contributed by atoms with van der Waals surface area (Å²) < 4.78 is 0. The van der Waals surface area contributed by atoms with Crippen molar-refractivity contribution in [3.05, 3.63) is 12.7 Å². The van der Waals surface area contributed by atoms with Gasteiger partial charge in [0, 0.05) is 6.54 Å². The quantitative estimate of drug-likeness (QED) is 0.755. The zero-order valence-corrected chi connectivity index (χ0v) is 10.3. The molecule has 0 unspecified atom stereocenters. The molecule has 1 aliphatic rings. The summed E-state index contributed by atoms with van der Waals surface area (Å²) >= 11 is 0. The summed E-state index contributed by atoms with van der Waals surface area (Å²) in [6, 6.07) is 0. The molecular formula is C12H18N6. The number of nitrogens with two attached hydrogens (primary N) is 1. The first-order chi connectivity index (χ1) is 8.83. The fourth-order valence-electron chi connectivity index (χ4n) is 2.75. The van der Waals surface area contributed by atoms with Gasteiger partial charge in [-0.3, -0.25) is 0 Å². The fourth-order valence-corrected chi connectivity index (χ4v) is 2.75. The van der Waals surface area contributed by atoms with Crippen LogP contribution in [0.25, 0.3) is 11.2 Å². The van der Waals surface area contributed by atoms with E-state index in [1.807, 2.05) is 0 Å². The molecular weight excluding hydrogens is 228 g/mol. The molecule has 0 bridgehead atoms. The van der Waals surface area contributed by atoms with Crippen molar-refractivity contribution in [3.63, 3.8) is 0 Å². The maximum absolute atomic E-state index is 5.93. The van der Waals surface area contributed by atoms with Crippen molar-refractivity contribution in [1.82, 2.24) is 19.9 Å². The molecule has 3 rings (SSSR count). The number of imidazole rings is 1. The van der Waals surface area contributed by atoms with E-state index in [1.54, 1.807) is 6.33 Å². The molecule has 4 N–H and O–H groups in total. The van der Waals surface area contributed by atoms with Crippen LogP contribution in [0.1, 0.15) is 25.7 Å². The molecule has 0 aliphatic heterocycles. The molecule has 0 atom stereocenters. The molecule has 0 amide bonds. The second-order valence-corrected chi connectivity index (χ2v) is 5.09. The zero-order chi connectivity index (χ0) is 12.4.